The van der Waals surface area contributed by atoms with Crippen molar-refractivity contribution in [3.05, 3.63) is 29.8 Å². The van der Waals surface area contributed by atoms with Crippen molar-refractivity contribution in [1.29, 1.82) is 0 Å². The Morgan fingerprint density at radius 2 is 2.26 bits per heavy atom. The lowest BCUT2D eigenvalue weighted by atomic mass is 10.3. The molecule has 1 aliphatic rings. The highest BCUT2D eigenvalue weighted by Crippen LogP contribution is 2.39. The lowest BCUT2D eigenvalue weighted by Crippen LogP contribution is -2.14. The van der Waals surface area contributed by atoms with Crippen molar-refractivity contribution in [2.45, 2.75) is 32.2 Å². The first-order valence-corrected chi connectivity index (χ1v) is 6.59. The summed E-state index contributed by atoms with van der Waals surface area (Å²) >= 11 is 0. The van der Waals surface area contributed by atoms with E-state index in [4.69, 9.17) is 5.73 Å². The lowest BCUT2D eigenvalue weighted by molar-refractivity contribution is 0.636. The first kappa shape index (κ1) is 12.0. The van der Waals surface area contributed by atoms with Crippen LogP contribution >= 0.6 is 0 Å². The molecule has 0 aromatic carbocycles. The third kappa shape index (κ3) is 2.67. The van der Waals surface area contributed by atoms with Gasteiger partial charge in [-0.25, -0.2) is 9.97 Å². The minimum atomic E-state index is 0.509. The Balaban J connectivity index is 1.69. The number of nitrogens with two attached hydrogens (primary N) is 1. The molecule has 0 aliphatic heterocycles. The molecule has 1 saturated carbocycles. The molecule has 1 aliphatic carbocycles. The number of hydrogen-bond donors (Lipinski definition) is 2. The van der Waals surface area contributed by atoms with E-state index in [-0.39, 0.29) is 0 Å². The third-order valence-electron chi connectivity index (χ3n) is 3.34. The number of hydrogen-bond acceptors (Lipinski definition) is 5. The zero-order valence-corrected chi connectivity index (χ0v) is 11.0. The molecule has 0 saturated heterocycles. The molecule has 2 aromatic heterocycles. The molecule has 19 heavy (non-hydrogen) atoms. The maximum Gasteiger partial charge on any atom is 0.136 e. The Morgan fingerprint density at radius 1 is 1.42 bits per heavy atom. The predicted octanol–water partition coefficient (Wildman–Crippen LogP) is 1.55. The van der Waals surface area contributed by atoms with Gasteiger partial charge in [0, 0.05) is 30.4 Å². The van der Waals surface area contributed by atoms with Crippen LogP contribution in [0.4, 0.5) is 11.6 Å². The summed E-state index contributed by atoms with van der Waals surface area (Å²) in [4.78, 5) is 8.94. The summed E-state index contributed by atoms with van der Waals surface area (Å²) in [5.41, 5.74) is 6.87. The van der Waals surface area contributed by atoms with Gasteiger partial charge in [-0.3, -0.25) is 4.68 Å². The molecule has 0 atom stereocenters. The Labute approximate surface area is 112 Å². The van der Waals surface area contributed by atoms with Crippen LogP contribution in [0.5, 0.6) is 0 Å². The SMILES string of the molecule is Cc1c(N)nc(C2CC2)nc1NCCn1cccn1. The molecular weight excluding hydrogens is 240 g/mol. The van der Waals surface area contributed by atoms with Crippen LogP contribution in [0.2, 0.25) is 0 Å². The standard InChI is InChI=1S/C13H18N6/c1-9-11(14)17-13(10-3-4-10)18-12(9)15-6-8-19-7-2-5-16-19/h2,5,7,10H,3-4,6,8H2,1H3,(H3,14,15,17,18). The number of aromatic nitrogens is 4. The van der Waals surface area contributed by atoms with Crippen molar-refractivity contribution in [2.75, 3.05) is 17.6 Å². The summed E-state index contributed by atoms with van der Waals surface area (Å²) in [7, 11) is 0. The Kier molecular flexibility index (Phi) is 3.06. The van der Waals surface area contributed by atoms with Crippen molar-refractivity contribution >= 4 is 11.6 Å². The van der Waals surface area contributed by atoms with Gasteiger partial charge in [0.1, 0.15) is 17.5 Å². The maximum absolute atomic E-state index is 5.94. The second kappa shape index (κ2) is 4.87. The topological polar surface area (TPSA) is 81.6 Å². The molecule has 0 spiro atoms. The summed E-state index contributed by atoms with van der Waals surface area (Å²) in [5, 5.41) is 7.49. The van der Waals surface area contributed by atoms with Gasteiger partial charge < -0.3 is 11.1 Å². The monoisotopic (exact) mass is 258 g/mol. The smallest absolute Gasteiger partial charge is 0.136 e. The van der Waals surface area contributed by atoms with Crippen LogP contribution in [0.15, 0.2) is 18.5 Å². The van der Waals surface area contributed by atoms with E-state index in [0.29, 0.717) is 11.7 Å². The molecule has 3 rings (SSSR count). The lowest BCUT2D eigenvalue weighted by Gasteiger charge is -2.11. The minimum absolute atomic E-state index is 0.509. The molecule has 0 bridgehead atoms. The van der Waals surface area contributed by atoms with E-state index in [1.165, 1.54) is 12.8 Å². The summed E-state index contributed by atoms with van der Waals surface area (Å²) in [6, 6.07) is 1.92. The summed E-state index contributed by atoms with van der Waals surface area (Å²) in [6.07, 6.45) is 6.07. The van der Waals surface area contributed by atoms with E-state index in [1.54, 1.807) is 6.20 Å². The Hall–Kier alpha value is -2.11. The number of nitrogens with zero attached hydrogens (tertiary/aromatic N) is 4. The molecular formula is C13H18N6. The molecule has 2 aromatic rings. The molecule has 6 heteroatoms. The second-order valence-corrected chi connectivity index (χ2v) is 4.91. The maximum atomic E-state index is 5.94. The van der Waals surface area contributed by atoms with Crippen LogP contribution in [0.3, 0.4) is 0 Å². The quantitative estimate of drug-likeness (QED) is 0.850. The highest BCUT2D eigenvalue weighted by atomic mass is 15.3. The van der Waals surface area contributed by atoms with Gasteiger partial charge in [0.25, 0.3) is 0 Å². The number of rotatable bonds is 5. The van der Waals surface area contributed by atoms with Gasteiger partial charge in [-0.05, 0) is 25.8 Å². The molecule has 1 fully saturated rings. The van der Waals surface area contributed by atoms with E-state index in [0.717, 1.165) is 30.3 Å². The van der Waals surface area contributed by atoms with Crippen molar-refractivity contribution in [3.63, 3.8) is 0 Å². The molecule has 3 N–H and O–H groups in total. The zero-order chi connectivity index (χ0) is 13.2. The summed E-state index contributed by atoms with van der Waals surface area (Å²) in [6.45, 7) is 3.51. The van der Waals surface area contributed by atoms with E-state index in [1.807, 2.05) is 23.9 Å². The minimum Gasteiger partial charge on any atom is -0.383 e. The number of anilines is 2. The normalized spacial score (nSPS) is 14.6. The van der Waals surface area contributed by atoms with E-state index in [9.17, 15) is 0 Å². The van der Waals surface area contributed by atoms with E-state index < -0.39 is 0 Å². The van der Waals surface area contributed by atoms with Gasteiger partial charge in [0.15, 0.2) is 0 Å². The van der Waals surface area contributed by atoms with E-state index in [2.05, 4.69) is 20.4 Å². The molecule has 2 heterocycles. The fraction of sp³-hybridized carbons (Fsp3) is 0.462. The van der Waals surface area contributed by atoms with Crippen molar-refractivity contribution in [1.82, 2.24) is 19.7 Å². The van der Waals surface area contributed by atoms with Gasteiger partial charge in [-0.1, -0.05) is 0 Å². The summed E-state index contributed by atoms with van der Waals surface area (Å²) < 4.78 is 1.88. The highest BCUT2D eigenvalue weighted by molar-refractivity contribution is 5.55. The van der Waals surface area contributed by atoms with Crippen LogP contribution in [0.25, 0.3) is 0 Å². The van der Waals surface area contributed by atoms with E-state index >= 15 is 0 Å². The first-order valence-electron chi connectivity index (χ1n) is 6.59. The Morgan fingerprint density at radius 3 is 2.95 bits per heavy atom. The third-order valence-corrected chi connectivity index (χ3v) is 3.34. The fourth-order valence-electron chi connectivity index (χ4n) is 1.97. The highest BCUT2D eigenvalue weighted by Gasteiger charge is 2.27. The molecule has 0 amide bonds. The van der Waals surface area contributed by atoms with Crippen LogP contribution in [-0.2, 0) is 6.54 Å². The zero-order valence-electron chi connectivity index (χ0n) is 11.0. The van der Waals surface area contributed by atoms with Gasteiger partial charge >= 0.3 is 0 Å². The van der Waals surface area contributed by atoms with Gasteiger partial charge in [0.2, 0.25) is 0 Å². The van der Waals surface area contributed by atoms with Crippen molar-refractivity contribution in [3.8, 4) is 0 Å². The second-order valence-electron chi connectivity index (χ2n) is 4.91. The molecule has 0 unspecified atom stereocenters. The van der Waals surface area contributed by atoms with Crippen LogP contribution in [0.1, 0.15) is 30.1 Å². The molecule has 0 radical (unpaired) electrons. The average molecular weight is 258 g/mol. The van der Waals surface area contributed by atoms with Crippen molar-refractivity contribution < 1.29 is 0 Å². The number of nitrogen functional groups attached to an aromatic ring is 1. The van der Waals surface area contributed by atoms with Crippen LogP contribution in [-0.4, -0.2) is 26.3 Å². The van der Waals surface area contributed by atoms with Crippen LogP contribution in [0, 0.1) is 6.92 Å². The fourth-order valence-corrected chi connectivity index (χ4v) is 1.97. The Bertz CT molecular complexity index is 559. The van der Waals surface area contributed by atoms with Gasteiger partial charge in [0.05, 0.1) is 6.54 Å². The van der Waals surface area contributed by atoms with Gasteiger partial charge in [-0.15, -0.1) is 0 Å². The first-order chi connectivity index (χ1) is 9.24. The molecule has 6 nitrogen and oxygen atoms in total. The largest absolute Gasteiger partial charge is 0.383 e. The summed E-state index contributed by atoms with van der Waals surface area (Å²) in [5.74, 6) is 2.82. The molecule has 100 valence electrons. The van der Waals surface area contributed by atoms with Crippen molar-refractivity contribution in [2.24, 2.45) is 0 Å². The van der Waals surface area contributed by atoms with Crippen LogP contribution < -0.4 is 11.1 Å². The number of nitrogens with one attached hydrogen (secondary N) is 1. The van der Waals surface area contributed by atoms with Gasteiger partial charge in [-0.2, -0.15) is 5.10 Å². The average Bonchev–Trinajstić information content (AvgIpc) is 3.12. The predicted molar refractivity (Wildman–Crippen MR) is 73.9 cm³/mol.